The molecule has 0 fully saturated rings. The SMILES string of the molecule is N#Cc1nc(SCCCl)ccc1[N+](=O)[O-]. The highest BCUT2D eigenvalue weighted by Gasteiger charge is 2.15. The van der Waals surface area contributed by atoms with Crippen LogP contribution in [0.4, 0.5) is 5.69 Å². The number of rotatable bonds is 4. The number of halogens is 1. The van der Waals surface area contributed by atoms with Crippen LogP contribution in [0.1, 0.15) is 5.69 Å². The Bertz CT molecular complexity index is 419. The van der Waals surface area contributed by atoms with Crippen LogP contribution in [0.15, 0.2) is 17.2 Å². The van der Waals surface area contributed by atoms with Crippen LogP contribution in [-0.2, 0) is 0 Å². The van der Waals surface area contributed by atoms with Gasteiger partial charge in [-0.25, -0.2) is 4.98 Å². The first-order chi connectivity index (χ1) is 7.19. The number of hydrogen-bond donors (Lipinski definition) is 0. The maximum absolute atomic E-state index is 10.5. The molecule has 0 bridgehead atoms. The Hall–Kier alpha value is -1.32. The molecule has 0 spiro atoms. The van der Waals surface area contributed by atoms with Gasteiger partial charge in [-0.3, -0.25) is 10.1 Å². The number of hydrogen-bond acceptors (Lipinski definition) is 5. The molecule has 0 aliphatic carbocycles. The van der Waals surface area contributed by atoms with E-state index in [1.54, 1.807) is 6.07 Å². The molecule has 1 aromatic heterocycles. The average molecular weight is 244 g/mol. The normalized spacial score (nSPS) is 9.60. The third-order valence-electron chi connectivity index (χ3n) is 1.48. The Morgan fingerprint density at radius 2 is 2.40 bits per heavy atom. The zero-order valence-electron chi connectivity index (χ0n) is 7.51. The predicted octanol–water partition coefficient (Wildman–Crippen LogP) is 2.19. The second kappa shape index (κ2) is 5.53. The van der Waals surface area contributed by atoms with E-state index in [1.165, 1.54) is 23.9 Å². The van der Waals surface area contributed by atoms with Gasteiger partial charge in [-0.1, -0.05) is 0 Å². The second-order valence-corrected chi connectivity index (χ2v) is 3.92. The molecule has 1 aromatic rings. The molecule has 0 amide bonds. The second-order valence-electron chi connectivity index (χ2n) is 2.42. The van der Waals surface area contributed by atoms with Gasteiger partial charge in [-0.05, 0) is 6.07 Å². The highest BCUT2D eigenvalue weighted by Crippen LogP contribution is 2.21. The summed E-state index contributed by atoms with van der Waals surface area (Å²) >= 11 is 6.84. The third-order valence-corrected chi connectivity index (χ3v) is 2.82. The van der Waals surface area contributed by atoms with Crippen molar-refractivity contribution in [1.82, 2.24) is 4.98 Å². The zero-order chi connectivity index (χ0) is 11.3. The van der Waals surface area contributed by atoms with Gasteiger partial charge in [0.15, 0.2) is 0 Å². The van der Waals surface area contributed by atoms with Crippen molar-refractivity contribution < 1.29 is 4.92 Å². The lowest BCUT2D eigenvalue weighted by Gasteiger charge is -1.99. The molecule has 0 unspecified atom stereocenters. The number of pyridine rings is 1. The molecule has 1 rings (SSSR count). The number of alkyl halides is 1. The van der Waals surface area contributed by atoms with Crippen molar-refractivity contribution in [3.8, 4) is 6.07 Å². The number of nitrogens with zero attached hydrogens (tertiary/aromatic N) is 3. The Morgan fingerprint density at radius 3 is 2.93 bits per heavy atom. The van der Waals surface area contributed by atoms with E-state index in [2.05, 4.69) is 4.98 Å². The van der Waals surface area contributed by atoms with Crippen LogP contribution in [0.5, 0.6) is 0 Å². The Labute approximate surface area is 95.2 Å². The van der Waals surface area contributed by atoms with E-state index < -0.39 is 4.92 Å². The van der Waals surface area contributed by atoms with Gasteiger partial charge < -0.3 is 0 Å². The molecule has 5 nitrogen and oxygen atoms in total. The Kier molecular flexibility index (Phi) is 4.34. The van der Waals surface area contributed by atoms with Crippen LogP contribution < -0.4 is 0 Å². The lowest BCUT2D eigenvalue weighted by Crippen LogP contribution is -1.96. The molecule has 1 heterocycles. The molecule has 0 aromatic carbocycles. The van der Waals surface area contributed by atoms with Crippen LogP contribution in [0.2, 0.25) is 0 Å². The van der Waals surface area contributed by atoms with E-state index >= 15 is 0 Å². The molecule has 0 atom stereocenters. The third kappa shape index (κ3) is 3.08. The molecular formula is C8H6ClN3O2S. The fourth-order valence-corrected chi connectivity index (χ4v) is 1.72. The molecule has 0 aliphatic rings. The topological polar surface area (TPSA) is 79.8 Å². The minimum atomic E-state index is -0.623. The number of aromatic nitrogens is 1. The van der Waals surface area contributed by atoms with Gasteiger partial charge in [-0.2, -0.15) is 5.26 Å². The van der Waals surface area contributed by atoms with Crippen LogP contribution in [-0.4, -0.2) is 21.5 Å². The summed E-state index contributed by atoms with van der Waals surface area (Å²) in [5.74, 6) is 1.11. The smallest absolute Gasteiger partial charge is 0.258 e. The summed E-state index contributed by atoms with van der Waals surface area (Å²) in [6, 6.07) is 4.48. The minimum absolute atomic E-state index is 0.167. The monoisotopic (exact) mass is 243 g/mol. The fourth-order valence-electron chi connectivity index (χ4n) is 0.887. The average Bonchev–Trinajstić information content (AvgIpc) is 2.25. The summed E-state index contributed by atoms with van der Waals surface area (Å²) in [7, 11) is 0. The van der Waals surface area contributed by atoms with Gasteiger partial charge in [0.25, 0.3) is 0 Å². The first kappa shape index (κ1) is 11.8. The van der Waals surface area contributed by atoms with E-state index in [0.717, 1.165) is 0 Å². The first-order valence-electron chi connectivity index (χ1n) is 3.93. The molecule has 0 saturated heterocycles. The first-order valence-corrected chi connectivity index (χ1v) is 5.45. The van der Waals surface area contributed by atoms with E-state index in [-0.39, 0.29) is 11.4 Å². The highest BCUT2D eigenvalue weighted by molar-refractivity contribution is 7.99. The maximum atomic E-state index is 10.5. The van der Waals surface area contributed by atoms with Gasteiger partial charge in [0, 0.05) is 17.7 Å². The lowest BCUT2D eigenvalue weighted by atomic mass is 10.3. The van der Waals surface area contributed by atoms with Crippen LogP contribution in [0.3, 0.4) is 0 Å². The molecule has 0 aliphatic heterocycles. The van der Waals surface area contributed by atoms with Crippen molar-refractivity contribution in [1.29, 1.82) is 5.26 Å². The van der Waals surface area contributed by atoms with E-state index in [4.69, 9.17) is 16.9 Å². The van der Waals surface area contributed by atoms with Crippen molar-refractivity contribution in [3.05, 3.63) is 27.9 Å². The summed E-state index contributed by atoms with van der Waals surface area (Å²) < 4.78 is 0. The van der Waals surface area contributed by atoms with Crippen molar-refractivity contribution in [2.24, 2.45) is 0 Å². The van der Waals surface area contributed by atoms with Crippen molar-refractivity contribution in [2.45, 2.75) is 5.03 Å². The predicted molar refractivity (Wildman–Crippen MR) is 57.1 cm³/mol. The summed E-state index contributed by atoms with van der Waals surface area (Å²) in [5, 5.41) is 19.7. The fraction of sp³-hybridized carbons (Fsp3) is 0.250. The zero-order valence-corrected chi connectivity index (χ0v) is 9.09. The number of nitro groups is 1. The summed E-state index contributed by atoms with van der Waals surface area (Å²) in [6.45, 7) is 0. The Balaban J connectivity index is 2.98. The number of nitriles is 1. The van der Waals surface area contributed by atoms with E-state index in [1.807, 2.05) is 0 Å². The van der Waals surface area contributed by atoms with Gasteiger partial charge in [0.2, 0.25) is 5.69 Å². The van der Waals surface area contributed by atoms with Gasteiger partial charge in [0.1, 0.15) is 6.07 Å². The highest BCUT2D eigenvalue weighted by atomic mass is 35.5. The molecule has 7 heteroatoms. The van der Waals surface area contributed by atoms with Crippen LogP contribution in [0, 0.1) is 21.4 Å². The van der Waals surface area contributed by atoms with Gasteiger partial charge in [-0.15, -0.1) is 23.4 Å². The molecule has 78 valence electrons. The number of thioether (sulfide) groups is 1. The Morgan fingerprint density at radius 1 is 1.67 bits per heavy atom. The summed E-state index contributed by atoms with van der Waals surface area (Å²) in [6.07, 6.45) is 0. The summed E-state index contributed by atoms with van der Waals surface area (Å²) in [5.41, 5.74) is -0.438. The van der Waals surface area contributed by atoms with Crippen molar-refractivity contribution in [3.63, 3.8) is 0 Å². The van der Waals surface area contributed by atoms with E-state index in [0.29, 0.717) is 16.7 Å². The quantitative estimate of drug-likeness (QED) is 0.350. The molecule has 0 saturated carbocycles. The molecule has 15 heavy (non-hydrogen) atoms. The minimum Gasteiger partial charge on any atom is -0.258 e. The van der Waals surface area contributed by atoms with Gasteiger partial charge in [0.05, 0.1) is 9.95 Å². The maximum Gasteiger partial charge on any atom is 0.305 e. The van der Waals surface area contributed by atoms with Gasteiger partial charge >= 0.3 is 5.69 Å². The van der Waals surface area contributed by atoms with Crippen LogP contribution in [0.25, 0.3) is 0 Å². The molecule has 0 radical (unpaired) electrons. The summed E-state index contributed by atoms with van der Waals surface area (Å²) in [4.78, 5) is 13.7. The molecule has 0 N–H and O–H groups in total. The largest absolute Gasteiger partial charge is 0.305 e. The van der Waals surface area contributed by atoms with Crippen molar-refractivity contribution in [2.75, 3.05) is 11.6 Å². The lowest BCUT2D eigenvalue weighted by molar-refractivity contribution is -0.385. The van der Waals surface area contributed by atoms with E-state index in [9.17, 15) is 10.1 Å². The molecular weight excluding hydrogens is 238 g/mol. The van der Waals surface area contributed by atoms with Crippen molar-refractivity contribution >= 4 is 29.1 Å². The standard InChI is InChI=1S/C8H6ClN3O2S/c9-3-4-15-8-2-1-7(12(13)14)6(5-10)11-8/h1-2H,3-4H2. The van der Waals surface area contributed by atoms with Crippen LogP contribution >= 0.6 is 23.4 Å².